The number of nitro groups is 1. The van der Waals surface area contributed by atoms with Crippen LogP contribution in [-0.2, 0) is 16.1 Å². The van der Waals surface area contributed by atoms with Crippen molar-refractivity contribution in [1.29, 1.82) is 0 Å². The summed E-state index contributed by atoms with van der Waals surface area (Å²) < 4.78 is 5.06. The van der Waals surface area contributed by atoms with Gasteiger partial charge in [-0.1, -0.05) is 36.8 Å². The zero-order valence-electron chi connectivity index (χ0n) is 15.9. The number of ether oxygens (including phenoxy) is 1. The molecule has 0 saturated carbocycles. The van der Waals surface area contributed by atoms with Gasteiger partial charge in [0.1, 0.15) is 0 Å². The second-order valence-electron chi connectivity index (χ2n) is 6.41. The summed E-state index contributed by atoms with van der Waals surface area (Å²) >= 11 is 0. The Kier molecular flexibility index (Phi) is 7.08. The number of esters is 1. The van der Waals surface area contributed by atoms with E-state index in [0.29, 0.717) is 13.1 Å². The van der Waals surface area contributed by atoms with Crippen LogP contribution in [0.3, 0.4) is 0 Å². The number of hydrogen-bond acceptors (Lipinski definition) is 6. The molecule has 2 rings (SSSR count). The van der Waals surface area contributed by atoms with E-state index in [-0.39, 0.29) is 22.8 Å². The predicted octanol–water partition coefficient (Wildman–Crippen LogP) is 3.08. The molecule has 8 nitrogen and oxygen atoms in total. The maximum Gasteiger partial charge on any atom is 0.341 e. The van der Waals surface area contributed by atoms with E-state index in [1.807, 2.05) is 38.1 Å². The highest BCUT2D eigenvalue weighted by molar-refractivity contribution is 5.97. The second-order valence-corrected chi connectivity index (χ2v) is 6.41. The number of non-ortho nitro benzene ring substituents is 1. The molecule has 0 bridgehead atoms. The van der Waals surface area contributed by atoms with Crippen LogP contribution in [0.5, 0.6) is 0 Å². The molecule has 0 radical (unpaired) electrons. The fourth-order valence-corrected chi connectivity index (χ4v) is 2.61. The third-order valence-corrected chi connectivity index (χ3v) is 4.13. The molecule has 0 saturated heterocycles. The van der Waals surface area contributed by atoms with Crippen LogP contribution in [0.15, 0.2) is 42.5 Å². The van der Waals surface area contributed by atoms with Crippen molar-refractivity contribution in [3.63, 3.8) is 0 Å². The van der Waals surface area contributed by atoms with E-state index >= 15 is 0 Å². The highest BCUT2D eigenvalue weighted by Crippen LogP contribution is 2.20. The van der Waals surface area contributed by atoms with Crippen LogP contribution >= 0.6 is 0 Å². The fourth-order valence-electron chi connectivity index (χ4n) is 2.61. The van der Waals surface area contributed by atoms with Gasteiger partial charge >= 0.3 is 5.97 Å². The van der Waals surface area contributed by atoms with E-state index in [1.165, 1.54) is 12.1 Å². The minimum atomic E-state index is -0.874. The van der Waals surface area contributed by atoms with E-state index in [2.05, 4.69) is 0 Å². The van der Waals surface area contributed by atoms with Crippen molar-refractivity contribution in [2.45, 2.75) is 26.8 Å². The van der Waals surface area contributed by atoms with Crippen LogP contribution in [0.1, 0.15) is 34.8 Å². The van der Waals surface area contributed by atoms with Gasteiger partial charge in [0.25, 0.3) is 11.6 Å². The fraction of sp³-hybridized carbons (Fsp3) is 0.300. The van der Waals surface area contributed by atoms with Gasteiger partial charge in [0.2, 0.25) is 0 Å². The second kappa shape index (κ2) is 9.50. The summed E-state index contributed by atoms with van der Waals surface area (Å²) in [6, 6.07) is 11.3. The summed E-state index contributed by atoms with van der Waals surface area (Å²) in [5.41, 5.74) is 7.43. The Labute approximate surface area is 163 Å². The molecule has 28 heavy (non-hydrogen) atoms. The van der Waals surface area contributed by atoms with Gasteiger partial charge in [-0.15, -0.1) is 0 Å². The van der Waals surface area contributed by atoms with Crippen LogP contribution in [-0.4, -0.2) is 34.9 Å². The molecule has 0 fully saturated rings. The molecular weight excluding hydrogens is 362 g/mol. The molecule has 0 aliphatic carbocycles. The number of nitrogens with two attached hydrogens (primary N) is 1. The van der Waals surface area contributed by atoms with E-state index in [1.54, 1.807) is 4.90 Å². The van der Waals surface area contributed by atoms with Crippen LogP contribution in [0.2, 0.25) is 0 Å². The number of anilines is 1. The average Bonchev–Trinajstić information content (AvgIpc) is 2.67. The molecule has 0 aliphatic heterocycles. The maximum absolute atomic E-state index is 12.5. The zero-order valence-corrected chi connectivity index (χ0v) is 15.9. The minimum Gasteiger partial charge on any atom is -0.452 e. The standard InChI is InChI=1S/C20H23N3O5/c1-3-10-22(12-15-6-4-14(2)5-7-15)19(24)13-28-20(25)17-11-16(23(26)27)8-9-18(17)21/h4-9,11H,3,10,12-13,21H2,1-2H3. The lowest BCUT2D eigenvalue weighted by Crippen LogP contribution is -2.35. The number of nitrogens with zero attached hydrogens (tertiary/aromatic N) is 2. The predicted molar refractivity (Wildman–Crippen MR) is 105 cm³/mol. The number of aryl methyl sites for hydroxylation is 1. The first-order valence-electron chi connectivity index (χ1n) is 8.86. The van der Waals surface area contributed by atoms with E-state index in [0.717, 1.165) is 23.6 Å². The smallest absolute Gasteiger partial charge is 0.341 e. The summed E-state index contributed by atoms with van der Waals surface area (Å²) in [5, 5.41) is 10.9. The van der Waals surface area contributed by atoms with E-state index < -0.39 is 17.5 Å². The van der Waals surface area contributed by atoms with Crippen LogP contribution in [0, 0.1) is 17.0 Å². The number of carbonyl (C=O) groups excluding carboxylic acids is 2. The van der Waals surface area contributed by atoms with Crippen molar-refractivity contribution >= 4 is 23.3 Å². The topological polar surface area (TPSA) is 116 Å². The van der Waals surface area contributed by atoms with Crippen LogP contribution < -0.4 is 5.73 Å². The third kappa shape index (κ3) is 5.54. The monoisotopic (exact) mass is 385 g/mol. The van der Waals surface area contributed by atoms with Gasteiger partial charge in [-0.25, -0.2) is 4.79 Å². The summed E-state index contributed by atoms with van der Waals surface area (Å²) in [6.07, 6.45) is 0.753. The van der Waals surface area contributed by atoms with Gasteiger partial charge in [0.15, 0.2) is 6.61 Å². The molecule has 2 aromatic carbocycles. The summed E-state index contributed by atoms with van der Waals surface area (Å²) in [6.45, 7) is 4.39. The van der Waals surface area contributed by atoms with Gasteiger partial charge in [-0.05, 0) is 25.0 Å². The summed E-state index contributed by atoms with van der Waals surface area (Å²) in [7, 11) is 0. The van der Waals surface area contributed by atoms with Crippen molar-refractivity contribution in [3.05, 3.63) is 69.3 Å². The first kappa shape index (κ1) is 20.9. The first-order valence-corrected chi connectivity index (χ1v) is 8.86. The molecule has 148 valence electrons. The van der Waals surface area contributed by atoms with Gasteiger partial charge in [-0.3, -0.25) is 14.9 Å². The SMILES string of the molecule is CCCN(Cc1ccc(C)cc1)C(=O)COC(=O)c1cc([N+](=O)[O-])ccc1N. The van der Waals surface area contributed by atoms with Crippen LogP contribution in [0.4, 0.5) is 11.4 Å². The highest BCUT2D eigenvalue weighted by Gasteiger charge is 2.20. The number of rotatable bonds is 8. The largest absolute Gasteiger partial charge is 0.452 e. The van der Waals surface area contributed by atoms with Gasteiger partial charge < -0.3 is 15.4 Å². The number of nitro benzene ring substituents is 1. The number of hydrogen-bond donors (Lipinski definition) is 1. The Morgan fingerprint density at radius 3 is 2.46 bits per heavy atom. The normalized spacial score (nSPS) is 10.4. The van der Waals surface area contributed by atoms with E-state index in [4.69, 9.17) is 10.5 Å². The maximum atomic E-state index is 12.5. The quantitative estimate of drug-likeness (QED) is 0.323. The Morgan fingerprint density at radius 2 is 1.86 bits per heavy atom. The molecule has 8 heteroatoms. The number of nitrogen functional groups attached to an aromatic ring is 1. The molecule has 0 aliphatic rings. The van der Waals surface area contributed by atoms with Gasteiger partial charge in [0, 0.05) is 30.9 Å². The Hall–Kier alpha value is -3.42. The summed E-state index contributed by atoms with van der Waals surface area (Å²) in [4.78, 5) is 36.6. The van der Waals surface area contributed by atoms with Crippen molar-refractivity contribution in [1.82, 2.24) is 4.90 Å². The lowest BCUT2D eigenvalue weighted by molar-refractivity contribution is -0.384. The molecule has 0 spiro atoms. The number of benzene rings is 2. The average molecular weight is 385 g/mol. The molecule has 0 atom stereocenters. The van der Waals surface area contributed by atoms with Gasteiger partial charge in [-0.2, -0.15) is 0 Å². The van der Waals surface area contributed by atoms with Crippen molar-refractivity contribution in [2.75, 3.05) is 18.9 Å². The van der Waals surface area contributed by atoms with Crippen LogP contribution in [0.25, 0.3) is 0 Å². The first-order chi connectivity index (χ1) is 13.3. The number of carbonyl (C=O) groups is 2. The Morgan fingerprint density at radius 1 is 1.18 bits per heavy atom. The molecule has 0 heterocycles. The molecule has 0 aromatic heterocycles. The van der Waals surface area contributed by atoms with E-state index in [9.17, 15) is 19.7 Å². The zero-order chi connectivity index (χ0) is 20.7. The highest BCUT2D eigenvalue weighted by atomic mass is 16.6. The summed E-state index contributed by atoms with van der Waals surface area (Å²) in [5.74, 6) is -1.22. The molecule has 0 unspecified atom stereocenters. The van der Waals surface area contributed by atoms with Crippen molar-refractivity contribution < 1.29 is 19.2 Å². The Balaban J connectivity index is 2.03. The lowest BCUT2D eigenvalue weighted by Gasteiger charge is -2.22. The molecular formula is C20H23N3O5. The van der Waals surface area contributed by atoms with Crippen molar-refractivity contribution in [2.24, 2.45) is 0 Å². The Bertz CT molecular complexity index is 865. The molecule has 2 aromatic rings. The number of amides is 1. The molecule has 2 N–H and O–H groups in total. The molecule has 1 amide bonds. The van der Waals surface area contributed by atoms with Gasteiger partial charge in [0.05, 0.1) is 10.5 Å². The van der Waals surface area contributed by atoms with Crippen molar-refractivity contribution in [3.8, 4) is 0 Å². The minimum absolute atomic E-state index is 0.0492. The lowest BCUT2D eigenvalue weighted by atomic mass is 10.1. The third-order valence-electron chi connectivity index (χ3n) is 4.13.